The largest absolute Gasteiger partial charge is 0.264 e. The van der Waals surface area contributed by atoms with Crippen LogP contribution >= 0.6 is 0 Å². The molecule has 0 aliphatic carbocycles. The number of rotatable bonds is 4. The van der Waals surface area contributed by atoms with Crippen LogP contribution in [0.2, 0.25) is 0 Å². The van der Waals surface area contributed by atoms with Crippen molar-refractivity contribution in [3.8, 4) is 6.07 Å². The fourth-order valence-corrected chi connectivity index (χ4v) is 1.11. The van der Waals surface area contributed by atoms with E-state index in [1.165, 1.54) is 6.92 Å². The highest BCUT2D eigenvalue weighted by atomic mass is 16.6. The van der Waals surface area contributed by atoms with Crippen LogP contribution < -0.4 is 0 Å². The second kappa shape index (κ2) is 4.05. The SMILES string of the molecule is CCCC(C)(C(C)C#N)[N+](=O)[O-]. The van der Waals surface area contributed by atoms with Gasteiger partial charge in [-0.15, -0.1) is 0 Å². The van der Waals surface area contributed by atoms with Crippen molar-refractivity contribution in [2.45, 2.75) is 39.2 Å². The minimum Gasteiger partial charge on any atom is -0.264 e. The molecule has 0 N–H and O–H groups in total. The zero-order chi connectivity index (χ0) is 9.78. The highest BCUT2D eigenvalue weighted by molar-refractivity contribution is 4.93. The lowest BCUT2D eigenvalue weighted by atomic mass is 9.85. The molecule has 0 radical (unpaired) electrons. The molecule has 0 aliphatic rings. The van der Waals surface area contributed by atoms with Gasteiger partial charge < -0.3 is 0 Å². The molecule has 0 aromatic carbocycles. The molecule has 0 aromatic rings. The molecule has 0 aliphatic heterocycles. The lowest BCUT2D eigenvalue weighted by Crippen LogP contribution is -2.40. The van der Waals surface area contributed by atoms with E-state index in [0.717, 1.165) is 6.42 Å². The highest BCUT2D eigenvalue weighted by Gasteiger charge is 2.42. The first kappa shape index (κ1) is 10.9. The maximum atomic E-state index is 10.7. The Morgan fingerprint density at radius 2 is 2.25 bits per heavy atom. The van der Waals surface area contributed by atoms with E-state index < -0.39 is 11.5 Å². The van der Waals surface area contributed by atoms with E-state index in [-0.39, 0.29) is 4.92 Å². The van der Waals surface area contributed by atoms with Crippen LogP contribution in [0.15, 0.2) is 0 Å². The van der Waals surface area contributed by atoms with Crippen LogP contribution in [-0.4, -0.2) is 10.5 Å². The summed E-state index contributed by atoms with van der Waals surface area (Å²) in [5.41, 5.74) is -1.08. The number of nitrogens with zero attached hydrogens (tertiary/aromatic N) is 2. The predicted octanol–water partition coefficient (Wildman–Crippen LogP) is 1.98. The number of hydrogen-bond donors (Lipinski definition) is 0. The molecule has 0 rings (SSSR count). The van der Waals surface area contributed by atoms with E-state index in [2.05, 4.69) is 0 Å². The first-order valence-electron chi connectivity index (χ1n) is 4.03. The number of nitro groups is 1. The lowest BCUT2D eigenvalue weighted by molar-refractivity contribution is -0.573. The minimum atomic E-state index is -1.08. The van der Waals surface area contributed by atoms with Gasteiger partial charge in [0.05, 0.1) is 6.07 Å². The van der Waals surface area contributed by atoms with Crippen LogP contribution in [0.1, 0.15) is 33.6 Å². The van der Waals surface area contributed by atoms with E-state index in [1.807, 2.05) is 13.0 Å². The summed E-state index contributed by atoms with van der Waals surface area (Å²) in [4.78, 5) is 10.3. The average Bonchev–Trinajstić information content (AvgIpc) is 2.03. The van der Waals surface area contributed by atoms with Crippen molar-refractivity contribution in [1.29, 1.82) is 5.26 Å². The second-order valence-electron chi connectivity index (χ2n) is 3.22. The molecule has 0 saturated heterocycles. The molecule has 0 spiro atoms. The predicted molar refractivity (Wildman–Crippen MR) is 45.1 cm³/mol. The smallest absolute Gasteiger partial charge is 0.234 e. The first-order valence-corrected chi connectivity index (χ1v) is 4.03. The summed E-state index contributed by atoms with van der Waals surface area (Å²) in [6.07, 6.45) is 1.18. The summed E-state index contributed by atoms with van der Waals surface area (Å²) in [6, 6.07) is 1.93. The van der Waals surface area contributed by atoms with Crippen molar-refractivity contribution in [2.24, 2.45) is 5.92 Å². The van der Waals surface area contributed by atoms with Gasteiger partial charge in [-0.2, -0.15) is 5.26 Å². The monoisotopic (exact) mass is 170 g/mol. The van der Waals surface area contributed by atoms with Crippen molar-refractivity contribution in [2.75, 3.05) is 0 Å². The van der Waals surface area contributed by atoms with Gasteiger partial charge in [0.1, 0.15) is 5.92 Å². The fourth-order valence-electron chi connectivity index (χ4n) is 1.11. The first-order chi connectivity index (χ1) is 5.49. The van der Waals surface area contributed by atoms with E-state index in [9.17, 15) is 10.1 Å². The number of nitriles is 1. The third kappa shape index (κ3) is 1.94. The summed E-state index contributed by atoms with van der Waals surface area (Å²) in [5, 5.41) is 19.3. The summed E-state index contributed by atoms with van der Waals surface area (Å²) >= 11 is 0. The third-order valence-corrected chi connectivity index (χ3v) is 2.30. The molecule has 68 valence electrons. The van der Waals surface area contributed by atoms with E-state index in [4.69, 9.17) is 5.26 Å². The minimum absolute atomic E-state index is 0.343. The quantitative estimate of drug-likeness (QED) is 0.478. The molecule has 0 amide bonds. The normalized spacial score (nSPS) is 17.5. The van der Waals surface area contributed by atoms with Crippen molar-refractivity contribution in [3.05, 3.63) is 10.1 Å². The van der Waals surface area contributed by atoms with Gasteiger partial charge in [0, 0.05) is 18.3 Å². The maximum absolute atomic E-state index is 10.7. The Hall–Kier alpha value is -1.11. The van der Waals surface area contributed by atoms with Crippen molar-refractivity contribution < 1.29 is 4.92 Å². The molecule has 2 atom stereocenters. The maximum Gasteiger partial charge on any atom is 0.234 e. The Bertz CT molecular complexity index is 210. The van der Waals surface area contributed by atoms with Crippen molar-refractivity contribution in [3.63, 3.8) is 0 Å². The Morgan fingerprint density at radius 3 is 2.50 bits per heavy atom. The Balaban J connectivity index is 4.63. The second-order valence-corrected chi connectivity index (χ2v) is 3.22. The molecule has 0 saturated carbocycles. The van der Waals surface area contributed by atoms with Gasteiger partial charge in [-0.05, 0) is 13.3 Å². The van der Waals surface area contributed by atoms with Crippen molar-refractivity contribution >= 4 is 0 Å². The van der Waals surface area contributed by atoms with Crippen molar-refractivity contribution in [1.82, 2.24) is 0 Å². The summed E-state index contributed by atoms with van der Waals surface area (Å²) in [5.74, 6) is -0.535. The van der Waals surface area contributed by atoms with Crippen LogP contribution in [0.3, 0.4) is 0 Å². The Labute approximate surface area is 72.3 Å². The third-order valence-electron chi connectivity index (χ3n) is 2.30. The molecular formula is C8H14N2O2. The summed E-state index contributed by atoms with van der Waals surface area (Å²) in [7, 11) is 0. The average molecular weight is 170 g/mol. The number of hydrogen-bond acceptors (Lipinski definition) is 3. The summed E-state index contributed by atoms with van der Waals surface area (Å²) < 4.78 is 0. The van der Waals surface area contributed by atoms with Crippen LogP contribution in [0, 0.1) is 27.4 Å². The van der Waals surface area contributed by atoms with Gasteiger partial charge in [0.25, 0.3) is 0 Å². The van der Waals surface area contributed by atoms with Gasteiger partial charge in [0.2, 0.25) is 5.54 Å². The van der Waals surface area contributed by atoms with E-state index >= 15 is 0 Å². The van der Waals surface area contributed by atoms with Crippen LogP contribution in [0.25, 0.3) is 0 Å². The summed E-state index contributed by atoms with van der Waals surface area (Å²) in [6.45, 7) is 5.01. The van der Waals surface area contributed by atoms with Gasteiger partial charge in [-0.25, -0.2) is 0 Å². The van der Waals surface area contributed by atoms with E-state index in [1.54, 1.807) is 6.92 Å². The molecule has 0 bridgehead atoms. The standard InChI is InChI=1S/C8H14N2O2/c1-4-5-8(3,10(11)12)7(2)6-9/h7H,4-5H2,1-3H3. The molecule has 0 fully saturated rings. The van der Waals surface area contributed by atoms with E-state index in [0.29, 0.717) is 6.42 Å². The molecular weight excluding hydrogens is 156 g/mol. The zero-order valence-electron chi connectivity index (χ0n) is 7.70. The Kier molecular flexibility index (Phi) is 3.68. The molecule has 4 nitrogen and oxygen atoms in total. The zero-order valence-corrected chi connectivity index (χ0v) is 7.70. The van der Waals surface area contributed by atoms with Gasteiger partial charge in [0.15, 0.2) is 0 Å². The fraction of sp³-hybridized carbons (Fsp3) is 0.875. The van der Waals surface area contributed by atoms with Gasteiger partial charge >= 0.3 is 0 Å². The van der Waals surface area contributed by atoms with Crippen LogP contribution in [-0.2, 0) is 0 Å². The molecule has 4 heteroatoms. The van der Waals surface area contributed by atoms with Gasteiger partial charge in [-0.1, -0.05) is 6.92 Å². The topological polar surface area (TPSA) is 66.9 Å². The highest BCUT2D eigenvalue weighted by Crippen LogP contribution is 2.25. The van der Waals surface area contributed by atoms with Crippen LogP contribution in [0.4, 0.5) is 0 Å². The van der Waals surface area contributed by atoms with Crippen LogP contribution in [0.5, 0.6) is 0 Å². The molecule has 0 aromatic heterocycles. The Morgan fingerprint density at radius 1 is 1.75 bits per heavy atom. The molecule has 2 unspecified atom stereocenters. The lowest BCUT2D eigenvalue weighted by Gasteiger charge is -2.21. The molecule has 12 heavy (non-hydrogen) atoms. The van der Waals surface area contributed by atoms with Gasteiger partial charge in [-0.3, -0.25) is 10.1 Å². The molecule has 0 heterocycles.